The number of amides is 1. The molecule has 3 aromatic rings. The Hall–Kier alpha value is -2.66. The number of carbonyl (C=O) groups excluding carboxylic acids is 1. The number of hydrogen-bond acceptors (Lipinski definition) is 2. The van der Waals surface area contributed by atoms with Gasteiger partial charge in [-0.25, -0.2) is 4.39 Å². The molecule has 5 rings (SSSR count). The van der Waals surface area contributed by atoms with Gasteiger partial charge in [-0.05, 0) is 81.1 Å². The highest BCUT2D eigenvalue weighted by Crippen LogP contribution is 2.36. The molecule has 0 saturated carbocycles. The number of halogens is 1. The summed E-state index contributed by atoms with van der Waals surface area (Å²) in [5.74, 6) is -0.307. The second kappa shape index (κ2) is 7.24. The van der Waals surface area contributed by atoms with Gasteiger partial charge in [0.1, 0.15) is 5.82 Å². The molecule has 0 spiro atoms. The fraction of sp³-hybridized carbons (Fsp3) is 0.400. The molecule has 3 heterocycles. The van der Waals surface area contributed by atoms with Crippen molar-refractivity contribution in [2.45, 2.75) is 50.7 Å². The molecule has 1 N–H and O–H groups in total. The van der Waals surface area contributed by atoms with Crippen LogP contribution in [0, 0.1) is 12.7 Å². The number of aryl methyl sites for hydroxylation is 2. The average Bonchev–Trinajstić information content (AvgIpc) is 3.10. The first-order chi connectivity index (χ1) is 14.4. The van der Waals surface area contributed by atoms with Gasteiger partial charge in [-0.1, -0.05) is 12.1 Å². The van der Waals surface area contributed by atoms with Crippen molar-refractivity contribution in [1.29, 1.82) is 0 Å². The monoisotopic (exact) mass is 405 g/mol. The maximum atomic E-state index is 13.6. The number of fused-ring (bicyclic) bond motifs is 3. The minimum absolute atomic E-state index is 0.0299. The minimum Gasteiger partial charge on any atom is -0.349 e. The maximum Gasteiger partial charge on any atom is 0.254 e. The van der Waals surface area contributed by atoms with E-state index in [0.29, 0.717) is 17.6 Å². The zero-order valence-electron chi connectivity index (χ0n) is 17.8. The zero-order chi connectivity index (χ0) is 21.0. The van der Waals surface area contributed by atoms with E-state index in [9.17, 15) is 9.18 Å². The normalized spacial score (nSPS) is 23.8. The predicted molar refractivity (Wildman–Crippen MR) is 118 cm³/mol. The first kappa shape index (κ1) is 19.3. The number of rotatable bonds is 3. The van der Waals surface area contributed by atoms with Crippen molar-refractivity contribution < 1.29 is 9.18 Å². The van der Waals surface area contributed by atoms with Crippen LogP contribution in [0.25, 0.3) is 22.2 Å². The van der Waals surface area contributed by atoms with Gasteiger partial charge in [0.05, 0.1) is 11.3 Å². The molecule has 30 heavy (non-hydrogen) atoms. The molecule has 2 bridgehead atoms. The molecule has 5 heteroatoms. The summed E-state index contributed by atoms with van der Waals surface area (Å²) in [6.45, 7) is 2.05. The van der Waals surface area contributed by atoms with Crippen LogP contribution in [0.5, 0.6) is 0 Å². The maximum absolute atomic E-state index is 13.6. The smallest absolute Gasteiger partial charge is 0.254 e. The van der Waals surface area contributed by atoms with Gasteiger partial charge in [0.15, 0.2) is 0 Å². The summed E-state index contributed by atoms with van der Waals surface area (Å²) in [5, 5.41) is 4.29. The molecule has 2 aliphatic rings. The van der Waals surface area contributed by atoms with Crippen LogP contribution in [0.15, 0.2) is 42.5 Å². The highest BCUT2D eigenvalue weighted by atomic mass is 19.1. The number of nitrogens with zero attached hydrogens (tertiary/aromatic N) is 2. The topological polar surface area (TPSA) is 37.3 Å². The summed E-state index contributed by atoms with van der Waals surface area (Å²) >= 11 is 0. The van der Waals surface area contributed by atoms with Gasteiger partial charge in [-0.15, -0.1) is 0 Å². The van der Waals surface area contributed by atoms with Crippen LogP contribution in [0.1, 0.15) is 41.6 Å². The number of benzene rings is 2. The zero-order valence-corrected chi connectivity index (χ0v) is 17.8. The summed E-state index contributed by atoms with van der Waals surface area (Å²) in [7, 11) is 4.19. The molecule has 0 radical (unpaired) electrons. The standard InChI is InChI=1S/C25H28FN3O/c1-15-4-11-21-22(12-15)29(3)24(16-5-7-17(26)8-6-16)23(21)25(30)27-18-13-19-9-10-20(14-18)28(19)2/h4-8,11-12,18-20H,9-10,13-14H2,1-3H3,(H,27,30). The lowest BCUT2D eigenvalue weighted by molar-refractivity contribution is 0.0884. The van der Waals surface area contributed by atoms with Gasteiger partial charge in [0.25, 0.3) is 5.91 Å². The molecule has 2 saturated heterocycles. The Kier molecular flexibility index (Phi) is 4.66. The largest absolute Gasteiger partial charge is 0.349 e. The van der Waals surface area contributed by atoms with Crippen molar-refractivity contribution in [3.05, 3.63) is 59.4 Å². The third-order valence-corrected chi connectivity index (χ3v) is 7.13. The van der Waals surface area contributed by atoms with E-state index in [1.54, 1.807) is 12.1 Å². The molecule has 2 aliphatic heterocycles. The highest BCUT2D eigenvalue weighted by molar-refractivity contribution is 6.13. The molecule has 2 atom stereocenters. The molecular formula is C25H28FN3O. The Bertz CT molecular complexity index is 1100. The predicted octanol–water partition coefficient (Wildman–Crippen LogP) is 4.65. The van der Waals surface area contributed by atoms with Crippen LogP contribution in [0.3, 0.4) is 0 Å². The summed E-state index contributed by atoms with van der Waals surface area (Å²) < 4.78 is 15.6. The Labute approximate surface area is 176 Å². The van der Waals surface area contributed by atoms with Crippen molar-refractivity contribution in [2.24, 2.45) is 7.05 Å². The quantitative estimate of drug-likeness (QED) is 0.689. The minimum atomic E-state index is -0.277. The lowest BCUT2D eigenvalue weighted by Gasteiger charge is -2.36. The fourth-order valence-corrected chi connectivity index (χ4v) is 5.51. The number of aromatic nitrogens is 1. The lowest BCUT2D eigenvalue weighted by atomic mass is 9.97. The van der Waals surface area contributed by atoms with Crippen molar-refractivity contribution in [3.63, 3.8) is 0 Å². The van der Waals surface area contributed by atoms with Crippen LogP contribution in [-0.2, 0) is 7.05 Å². The van der Waals surface area contributed by atoms with Gasteiger partial charge in [-0.2, -0.15) is 0 Å². The molecule has 2 unspecified atom stereocenters. The highest BCUT2D eigenvalue weighted by Gasteiger charge is 2.39. The number of nitrogens with one attached hydrogen (secondary N) is 1. The molecule has 1 aromatic heterocycles. The van der Waals surface area contributed by atoms with Crippen molar-refractivity contribution in [1.82, 2.24) is 14.8 Å². The number of carbonyl (C=O) groups is 1. The number of piperidine rings is 1. The van der Waals surface area contributed by atoms with Gasteiger partial charge in [-0.3, -0.25) is 4.79 Å². The van der Waals surface area contributed by atoms with Gasteiger partial charge in [0.2, 0.25) is 0 Å². The summed E-state index contributed by atoms with van der Waals surface area (Å²) in [6.07, 6.45) is 4.47. The van der Waals surface area contributed by atoms with E-state index in [1.807, 2.05) is 19.2 Å². The van der Waals surface area contributed by atoms with Gasteiger partial charge in [0, 0.05) is 36.1 Å². The van der Waals surface area contributed by atoms with Crippen molar-refractivity contribution >= 4 is 16.8 Å². The summed E-state index contributed by atoms with van der Waals surface area (Å²) in [4.78, 5) is 16.1. The van der Waals surface area contributed by atoms with E-state index < -0.39 is 0 Å². The SMILES string of the molecule is Cc1ccc2c(C(=O)NC3CC4CCC(C3)N4C)c(-c3ccc(F)cc3)n(C)c2c1. The third kappa shape index (κ3) is 3.12. The number of hydrogen-bond donors (Lipinski definition) is 1. The fourth-order valence-electron chi connectivity index (χ4n) is 5.51. The Morgan fingerprint density at radius 3 is 2.37 bits per heavy atom. The van der Waals surface area contributed by atoms with E-state index in [0.717, 1.165) is 40.6 Å². The van der Waals surface area contributed by atoms with Crippen LogP contribution in [0.2, 0.25) is 0 Å². The van der Waals surface area contributed by atoms with Gasteiger partial charge < -0.3 is 14.8 Å². The molecule has 4 nitrogen and oxygen atoms in total. The van der Waals surface area contributed by atoms with Crippen LogP contribution < -0.4 is 5.32 Å². The summed E-state index contributed by atoms with van der Waals surface area (Å²) in [5.41, 5.74) is 4.53. The second-order valence-electron chi connectivity index (χ2n) is 9.00. The van der Waals surface area contributed by atoms with Crippen molar-refractivity contribution in [2.75, 3.05) is 7.05 Å². The van der Waals surface area contributed by atoms with E-state index in [1.165, 1.54) is 25.0 Å². The van der Waals surface area contributed by atoms with E-state index in [4.69, 9.17) is 0 Å². The Morgan fingerprint density at radius 2 is 1.70 bits per heavy atom. The van der Waals surface area contributed by atoms with Crippen LogP contribution >= 0.6 is 0 Å². The average molecular weight is 406 g/mol. The Balaban J connectivity index is 1.56. The molecule has 156 valence electrons. The van der Waals surface area contributed by atoms with E-state index in [-0.39, 0.29) is 17.8 Å². The van der Waals surface area contributed by atoms with Crippen molar-refractivity contribution in [3.8, 4) is 11.3 Å². The van der Waals surface area contributed by atoms with Crippen LogP contribution in [-0.4, -0.2) is 40.5 Å². The third-order valence-electron chi connectivity index (χ3n) is 7.13. The molecule has 2 fully saturated rings. The first-order valence-corrected chi connectivity index (χ1v) is 10.8. The Morgan fingerprint density at radius 1 is 1.03 bits per heavy atom. The van der Waals surface area contributed by atoms with E-state index in [2.05, 4.69) is 34.8 Å². The molecule has 0 aliphatic carbocycles. The van der Waals surface area contributed by atoms with E-state index >= 15 is 0 Å². The first-order valence-electron chi connectivity index (χ1n) is 10.8. The van der Waals surface area contributed by atoms with Gasteiger partial charge >= 0.3 is 0 Å². The van der Waals surface area contributed by atoms with Crippen LogP contribution in [0.4, 0.5) is 4.39 Å². The molecular weight excluding hydrogens is 377 g/mol. The second-order valence-corrected chi connectivity index (χ2v) is 9.00. The molecule has 1 amide bonds. The molecule has 2 aromatic carbocycles. The summed E-state index contributed by atoms with van der Waals surface area (Å²) in [6, 6.07) is 13.9. The lowest BCUT2D eigenvalue weighted by Crippen LogP contribution is -2.48.